The average Bonchev–Trinajstić information content (AvgIpc) is 1.02. The minimum Gasteiger partial charge on any atom is -1.00 e. The van der Waals surface area contributed by atoms with Crippen LogP contribution in [0, 0.1) is 110 Å². The molecule has 6 aromatic rings. The Kier molecular flexibility index (Phi) is 25.3. The van der Waals surface area contributed by atoms with Crippen LogP contribution in [0.3, 0.4) is 0 Å². The topological polar surface area (TPSA) is 272 Å². The second-order valence-corrected chi connectivity index (χ2v) is 40.5. The molecule has 0 spiro atoms. The van der Waals surface area contributed by atoms with E-state index in [-0.39, 0.29) is 127 Å². The molecule has 580 valence electrons. The molecule has 12 aliphatic carbocycles. The Hall–Kier alpha value is -5.86. The average molecular weight is 1650 g/mol. The smallest absolute Gasteiger partial charge is 1.00 e. The molecule has 6 aromatic carbocycles. The molecule has 0 N–H and O–H groups in total. The summed E-state index contributed by atoms with van der Waals surface area (Å²) in [5.41, 5.74) is 3.75. The number of fused-ring (bicyclic) bond motifs is 2. The predicted molar refractivity (Wildman–Crippen MR) is 401 cm³/mol. The standard InChI is InChI=1S/2C31H33O2S.2C12H16O7S.BrH.Na/c2*1-21-13-28(34(26-9-5-3-6-10-26)27-11-7-4-8-12-27)14-22(2)29(21)33-30(32)31-18-23-15-24(19-31)17-25(16-23)20-31;2*13-10(5-20(15,16)17)19-11-7-1-6-2-8(4-7)12(14)18-9(11)3-6;;/h2*3-14,23-25H,15-20H2,1-2H3;2*6-9,11H,1-5H2,(H,15,16,17);1H;/q2*+1;;;;+1/p-3. The fourth-order valence-electron chi connectivity index (χ4n) is 22.1. The van der Waals surface area contributed by atoms with E-state index in [0.717, 1.165) is 133 Å². The Balaban J connectivity index is 0.000000132. The summed E-state index contributed by atoms with van der Waals surface area (Å²) in [6.45, 7) is 8.37. The van der Waals surface area contributed by atoms with Gasteiger partial charge in [0.1, 0.15) is 67.7 Å². The molecule has 22 rings (SSSR count). The zero-order valence-electron chi connectivity index (χ0n) is 63.0. The molecular formula is C86H96BrNaO18S4. The summed E-state index contributed by atoms with van der Waals surface area (Å²) in [5.74, 6) is 1.61. The number of carbonyl (C=O) groups excluding carboxylic acids is 6. The minimum atomic E-state index is -4.65. The maximum Gasteiger partial charge on any atom is 1.00 e. The van der Waals surface area contributed by atoms with Gasteiger partial charge < -0.3 is 54.5 Å². The number of hydrogen-bond donors (Lipinski definition) is 0. The fourth-order valence-corrected chi connectivity index (χ4v) is 27.3. The van der Waals surface area contributed by atoms with Crippen molar-refractivity contribution in [1.29, 1.82) is 0 Å². The van der Waals surface area contributed by atoms with E-state index in [0.29, 0.717) is 37.5 Å². The van der Waals surface area contributed by atoms with Gasteiger partial charge in [-0.25, -0.2) is 16.8 Å². The summed E-state index contributed by atoms with van der Waals surface area (Å²) >= 11 is 0. The molecule has 24 heteroatoms. The van der Waals surface area contributed by atoms with Gasteiger partial charge in [-0.1, -0.05) is 72.8 Å². The van der Waals surface area contributed by atoms with Crippen molar-refractivity contribution in [3.63, 3.8) is 0 Å². The normalized spacial score (nSPS) is 31.1. The molecule has 110 heavy (non-hydrogen) atoms. The molecule has 18 nitrogen and oxygen atoms in total. The maximum absolute atomic E-state index is 13.6. The van der Waals surface area contributed by atoms with Crippen LogP contribution in [0.25, 0.3) is 0 Å². The van der Waals surface area contributed by atoms with Crippen molar-refractivity contribution in [2.45, 2.75) is 210 Å². The first-order valence-electron chi connectivity index (χ1n) is 38.7. The molecule has 16 bridgehead atoms. The van der Waals surface area contributed by atoms with Gasteiger partial charge in [-0.15, -0.1) is 0 Å². The van der Waals surface area contributed by atoms with Gasteiger partial charge in [0.25, 0.3) is 0 Å². The second-order valence-electron chi connectivity index (χ2n) is 33.6. The molecule has 4 saturated heterocycles. The van der Waals surface area contributed by atoms with Crippen LogP contribution in [-0.4, -0.2) is 97.7 Å². The zero-order chi connectivity index (χ0) is 75.6. The molecule has 0 aromatic heterocycles. The number of esters is 6. The first-order chi connectivity index (χ1) is 51.6. The number of aryl methyl sites for hydroxylation is 4. The molecule has 4 heterocycles. The maximum atomic E-state index is 13.6. The zero-order valence-corrected chi connectivity index (χ0v) is 69.9. The van der Waals surface area contributed by atoms with Crippen molar-refractivity contribution >= 4 is 77.8 Å². The van der Waals surface area contributed by atoms with Crippen LogP contribution >= 0.6 is 0 Å². The molecule has 0 radical (unpaired) electrons. The monoisotopic (exact) mass is 1650 g/mol. The molecule has 12 saturated carbocycles. The van der Waals surface area contributed by atoms with Crippen LogP contribution in [0.4, 0.5) is 0 Å². The number of ether oxygens (including phenoxy) is 6. The van der Waals surface area contributed by atoms with Crippen LogP contribution in [0.15, 0.2) is 175 Å². The molecule has 4 aliphatic heterocycles. The van der Waals surface area contributed by atoms with Gasteiger partial charge in [0.15, 0.2) is 29.4 Å². The van der Waals surface area contributed by atoms with E-state index >= 15 is 0 Å². The van der Waals surface area contributed by atoms with Gasteiger partial charge in [-0.3, -0.25) is 28.8 Å². The minimum absolute atomic E-state index is 0. The van der Waals surface area contributed by atoms with Crippen LogP contribution in [-0.2, 0) is 89.7 Å². The SMILES string of the molecule is Cc1cc([S+](c2ccccc2)c2ccccc2)cc(C)c1OC(=O)C12CC3CC(CC(C3)C1)C2.Cc1cc([S+](c2ccccc2)c2ccccc2)cc(C)c1OC(=O)C12CC3CC(CC(C3)C1)C2.O=C(CS(=O)(=O)[O-])OC1C2CC3CC(C2)C(=O)OC1C3.O=C(CS(=O)(=O)[O-])OC1C2CC3CC(C2)C(=O)OC1C3.[Br-].[Na+]. The van der Waals surface area contributed by atoms with Gasteiger partial charge in [-0.05, 0) is 274 Å². The summed E-state index contributed by atoms with van der Waals surface area (Å²) in [6.07, 6.45) is 17.8. The van der Waals surface area contributed by atoms with Crippen LogP contribution in [0.2, 0.25) is 0 Å². The third-order valence-corrected chi connectivity index (χ3v) is 31.0. The number of rotatable bonds is 16. The third-order valence-electron chi connectivity index (χ3n) is 25.4. The molecule has 0 amide bonds. The van der Waals surface area contributed by atoms with Gasteiger partial charge >= 0.3 is 65.4 Å². The molecule has 10 unspecified atom stereocenters. The molecule has 10 atom stereocenters. The Morgan fingerprint density at radius 1 is 0.400 bits per heavy atom. The summed E-state index contributed by atoms with van der Waals surface area (Å²) in [7, 11) is -9.71. The van der Waals surface area contributed by atoms with Crippen molar-refractivity contribution in [2.75, 3.05) is 11.5 Å². The molecular weight excluding hydrogens is 1550 g/mol. The number of carbonyl (C=O) groups is 6. The first kappa shape index (κ1) is 82.1. The van der Waals surface area contributed by atoms with Crippen molar-refractivity contribution in [3.8, 4) is 11.5 Å². The van der Waals surface area contributed by atoms with E-state index in [9.17, 15) is 54.7 Å². The van der Waals surface area contributed by atoms with E-state index in [4.69, 9.17) is 28.4 Å². The van der Waals surface area contributed by atoms with Crippen LogP contribution < -0.4 is 56.0 Å². The van der Waals surface area contributed by atoms with Gasteiger partial charge in [0.05, 0.1) is 44.5 Å². The van der Waals surface area contributed by atoms with Gasteiger partial charge in [-0.2, -0.15) is 0 Å². The summed E-state index contributed by atoms with van der Waals surface area (Å²) < 4.78 is 96.9. The second kappa shape index (κ2) is 33.9. The summed E-state index contributed by atoms with van der Waals surface area (Å²) in [4.78, 5) is 81.6. The number of halogens is 1. The molecule has 16 aliphatic rings. The fraction of sp³-hybridized carbons (Fsp3) is 0.512. The third kappa shape index (κ3) is 18.4. The van der Waals surface area contributed by atoms with Crippen molar-refractivity contribution in [1.82, 2.24) is 0 Å². The summed E-state index contributed by atoms with van der Waals surface area (Å²) in [5, 5.41) is 0. The van der Waals surface area contributed by atoms with Gasteiger partial charge in [0.2, 0.25) is 0 Å². The van der Waals surface area contributed by atoms with E-state index in [1.165, 1.54) is 67.9 Å². The molecule has 16 fully saturated rings. The summed E-state index contributed by atoms with van der Waals surface area (Å²) in [6, 6.07) is 51.8. The van der Waals surface area contributed by atoms with Gasteiger partial charge in [0, 0.05) is 36.1 Å². The van der Waals surface area contributed by atoms with E-state index in [1.807, 2.05) is 0 Å². The number of benzene rings is 6. The van der Waals surface area contributed by atoms with E-state index in [2.05, 4.69) is 173 Å². The Bertz CT molecular complexity index is 4140. The van der Waals surface area contributed by atoms with Crippen molar-refractivity contribution < 1.29 is 130 Å². The van der Waals surface area contributed by atoms with Crippen molar-refractivity contribution in [3.05, 3.63) is 168 Å². The van der Waals surface area contributed by atoms with Crippen LogP contribution in [0.1, 0.15) is 151 Å². The quantitative estimate of drug-likeness (QED) is 0.0219. The predicted octanol–water partition coefficient (Wildman–Crippen LogP) is 8.66. The Morgan fingerprint density at radius 2 is 0.673 bits per heavy atom. The first-order valence-corrected chi connectivity index (χ1v) is 44.3. The van der Waals surface area contributed by atoms with Crippen molar-refractivity contribution in [2.24, 2.45) is 81.8 Å². The van der Waals surface area contributed by atoms with Crippen LogP contribution in [0.5, 0.6) is 11.5 Å². The Morgan fingerprint density at radius 3 is 0.936 bits per heavy atom. The van der Waals surface area contributed by atoms with E-state index in [1.54, 1.807) is 0 Å². The largest absolute Gasteiger partial charge is 1.00 e. The number of hydrogen-bond acceptors (Lipinski definition) is 18. The van der Waals surface area contributed by atoms with E-state index < -0.39 is 68.1 Å². The Labute approximate surface area is 684 Å².